The lowest BCUT2D eigenvalue weighted by atomic mass is 9.93. The molecule has 0 bridgehead atoms. The van der Waals surface area contributed by atoms with E-state index in [0.717, 1.165) is 18.0 Å². The third-order valence-corrected chi connectivity index (χ3v) is 4.00. The second-order valence-corrected chi connectivity index (χ2v) is 5.33. The molecule has 0 aromatic heterocycles. The van der Waals surface area contributed by atoms with E-state index in [2.05, 4.69) is 50.5 Å². The van der Waals surface area contributed by atoms with Gasteiger partial charge in [0.2, 0.25) is 0 Å². The van der Waals surface area contributed by atoms with Crippen molar-refractivity contribution < 1.29 is 0 Å². The molecule has 1 rings (SSSR count). The molecular weight excluding hydrogens is 224 g/mol. The summed E-state index contributed by atoms with van der Waals surface area (Å²) in [6.07, 6.45) is 1.17. The Kier molecular flexibility index (Phi) is 4.62. The Balaban J connectivity index is 2.42. The zero-order valence-electron chi connectivity index (χ0n) is 9.95. The van der Waals surface area contributed by atoms with Crippen LogP contribution in [0.15, 0.2) is 11.3 Å². The highest BCUT2D eigenvalue weighted by Crippen LogP contribution is 2.31. The van der Waals surface area contributed by atoms with Gasteiger partial charge in [-0.15, -0.1) is 0 Å². The van der Waals surface area contributed by atoms with E-state index >= 15 is 0 Å². The van der Waals surface area contributed by atoms with Crippen LogP contribution < -0.4 is 0 Å². The van der Waals surface area contributed by atoms with Crippen molar-refractivity contribution in [3.63, 3.8) is 0 Å². The fourth-order valence-electron chi connectivity index (χ4n) is 1.80. The molecule has 86 valence electrons. The fourth-order valence-corrected chi connectivity index (χ4v) is 2.54. The minimum atomic E-state index is 0.214. The van der Waals surface area contributed by atoms with Crippen LogP contribution in [0.4, 0.5) is 0 Å². The molecule has 0 fully saturated rings. The van der Waals surface area contributed by atoms with Crippen LogP contribution in [0.2, 0.25) is 0 Å². The third-order valence-electron chi connectivity index (χ3n) is 2.75. The van der Waals surface area contributed by atoms with Crippen molar-refractivity contribution in [1.82, 2.24) is 9.80 Å². The molecule has 0 radical (unpaired) electrons. The van der Waals surface area contributed by atoms with E-state index in [0.29, 0.717) is 0 Å². The van der Waals surface area contributed by atoms with Crippen LogP contribution in [0.3, 0.4) is 0 Å². The van der Waals surface area contributed by atoms with E-state index in [4.69, 9.17) is 12.2 Å². The first-order valence-corrected chi connectivity index (χ1v) is 6.16. The molecular formula is C11H20N2S2. The number of hydrogen-bond acceptors (Lipinski definition) is 4. The summed E-state index contributed by atoms with van der Waals surface area (Å²) in [4.78, 5) is 5.46. The molecule has 1 aliphatic rings. The highest BCUT2D eigenvalue weighted by Gasteiger charge is 2.31. The summed E-state index contributed by atoms with van der Waals surface area (Å²) >= 11 is 9.71. The van der Waals surface area contributed by atoms with Gasteiger partial charge < -0.3 is 9.80 Å². The highest BCUT2D eigenvalue weighted by atomic mass is 32.1. The number of nitrogens with zero attached hydrogens (tertiary/aromatic N) is 2. The van der Waals surface area contributed by atoms with Gasteiger partial charge in [-0.25, -0.2) is 0 Å². The van der Waals surface area contributed by atoms with Crippen molar-refractivity contribution >= 4 is 29.7 Å². The molecule has 0 aromatic carbocycles. The van der Waals surface area contributed by atoms with Crippen LogP contribution in [-0.2, 0) is 0 Å². The minimum absolute atomic E-state index is 0.214. The van der Waals surface area contributed by atoms with Gasteiger partial charge in [-0.05, 0) is 39.6 Å². The Bertz CT molecular complexity index is 284. The molecule has 15 heavy (non-hydrogen) atoms. The second kappa shape index (κ2) is 5.32. The summed E-state index contributed by atoms with van der Waals surface area (Å²) in [7, 11) is 6.31. The van der Waals surface area contributed by atoms with Gasteiger partial charge in [0.1, 0.15) is 0 Å². The Morgan fingerprint density at radius 2 is 1.87 bits per heavy atom. The van der Waals surface area contributed by atoms with Crippen LogP contribution in [0.25, 0.3) is 0 Å². The van der Waals surface area contributed by atoms with Gasteiger partial charge in [0, 0.05) is 13.6 Å². The van der Waals surface area contributed by atoms with Crippen molar-refractivity contribution in [3.8, 4) is 0 Å². The number of hydrogen-bond donors (Lipinski definition) is 1. The Morgan fingerprint density at radius 1 is 1.27 bits per heavy atom. The minimum Gasteiger partial charge on any atom is -0.374 e. The van der Waals surface area contributed by atoms with Crippen LogP contribution >= 0.6 is 24.8 Å². The SMILES string of the molecule is CC1=C(N(C)CCCN(C)C)C(=S)C1S. The average molecular weight is 244 g/mol. The second-order valence-electron chi connectivity index (χ2n) is 4.38. The van der Waals surface area contributed by atoms with Crippen molar-refractivity contribution in [1.29, 1.82) is 0 Å². The summed E-state index contributed by atoms with van der Waals surface area (Å²) in [6, 6.07) is 0. The van der Waals surface area contributed by atoms with Crippen LogP contribution in [0.5, 0.6) is 0 Å². The first-order chi connectivity index (χ1) is 6.95. The molecule has 0 aliphatic heterocycles. The average Bonchev–Trinajstić information content (AvgIpc) is 2.17. The van der Waals surface area contributed by atoms with Crippen molar-refractivity contribution in [2.24, 2.45) is 0 Å². The molecule has 1 atom stereocenters. The third kappa shape index (κ3) is 2.95. The number of thiol groups is 1. The topological polar surface area (TPSA) is 6.48 Å². The molecule has 0 N–H and O–H groups in total. The van der Waals surface area contributed by atoms with E-state index in [1.54, 1.807) is 0 Å². The monoisotopic (exact) mass is 244 g/mol. The number of thiocarbonyl (C=S) groups is 1. The maximum absolute atomic E-state index is 5.30. The Labute approximate surface area is 104 Å². The Morgan fingerprint density at radius 3 is 2.33 bits per heavy atom. The molecule has 1 unspecified atom stereocenters. The molecule has 0 spiro atoms. The van der Waals surface area contributed by atoms with Gasteiger partial charge in [0.25, 0.3) is 0 Å². The van der Waals surface area contributed by atoms with Crippen molar-refractivity contribution in [2.75, 3.05) is 34.2 Å². The van der Waals surface area contributed by atoms with Gasteiger partial charge in [-0.3, -0.25) is 0 Å². The summed E-state index contributed by atoms with van der Waals surface area (Å²) in [5.41, 5.74) is 2.56. The molecule has 1 aliphatic carbocycles. The first kappa shape index (κ1) is 13.0. The van der Waals surface area contributed by atoms with Gasteiger partial charge in [0.15, 0.2) is 0 Å². The van der Waals surface area contributed by atoms with Gasteiger partial charge in [-0.2, -0.15) is 12.6 Å². The standard InChI is InChI=1S/C11H20N2S2/c1-8-9(11(15)10(8)14)13(4)7-5-6-12(2)3/h10,14H,5-7H2,1-4H3. The van der Waals surface area contributed by atoms with Gasteiger partial charge >= 0.3 is 0 Å². The lowest BCUT2D eigenvalue weighted by molar-refractivity contribution is 0.348. The number of allylic oxidation sites excluding steroid dienone is 1. The normalized spacial score (nSPS) is 20.9. The predicted molar refractivity (Wildman–Crippen MR) is 73.9 cm³/mol. The molecule has 0 aromatic rings. The van der Waals surface area contributed by atoms with E-state index in [1.165, 1.54) is 17.7 Å². The van der Waals surface area contributed by atoms with Crippen LogP contribution in [0, 0.1) is 0 Å². The van der Waals surface area contributed by atoms with Crippen LogP contribution in [-0.4, -0.2) is 54.1 Å². The van der Waals surface area contributed by atoms with E-state index in [9.17, 15) is 0 Å². The van der Waals surface area contributed by atoms with Gasteiger partial charge in [0.05, 0.1) is 15.8 Å². The summed E-state index contributed by atoms with van der Waals surface area (Å²) in [5.74, 6) is 0. The summed E-state index contributed by atoms with van der Waals surface area (Å²) in [5, 5.41) is 0.214. The maximum atomic E-state index is 5.30. The summed E-state index contributed by atoms with van der Waals surface area (Å²) < 4.78 is 0. The zero-order valence-corrected chi connectivity index (χ0v) is 11.7. The van der Waals surface area contributed by atoms with Crippen LogP contribution in [0.1, 0.15) is 13.3 Å². The lowest BCUT2D eigenvalue weighted by Crippen LogP contribution is -2.39. The fraction of sp³-hybridized carbons (Fsp3) is 0.727. The Hall–Kier alpha value is -0.0600. The number of rotatable bonds is 5. The van der Waals surface area contributed by atoms with E-state index < -0.39 is 0 Å². The smallest absolute Gasteiger partial charge is 0.0619 e. The van der Waals surface area contributed by atoms with E-state index in [1.807, 2.05) is 0 Å². The molecule has 0 saturated carbocycles. The lowest BCUT2D eigenvalue weighted by Gasteiger charge is -2.36. The molecule has 0 amide bonds. The zero-order chi connectivity index (χ0) is 11.6. The first-order valence-electron chi connectivity index (χ1n) is 5.24. The summed E-state index contributed by atoms with van der Waals surface area (Å²) in [6.45, 7) is 4.30. The highest BCUT2D eigenvalue weighted by molar-refractivity contribution is 7.87. The van der Waals surface area contributed by atoms with E-state index in [-0.39, 0.29) is 5.25 Å². The largest absolute Gasteiger partial charge is 0.374 e. The molecule has 0 saturated heterocycles. The van der Waals surface area contributed by atoms with Gasteiger partial charge in [-0.1, -0.05) is 12.2 Å². The van der Waals surface area contributed by atoms with Crippen molar-refractivity contribution in [3.05, 3.63) is 11.3 Å². The molecule has 4 heteroatoms. The predicted octanol–water partition coefficient (Wildman–Crippen LogP) is 1.83. The molecule has 2 nitrogen and oxygen atoms in total. The van der Waals surface area contributed by atoms with Crippen molar-refractivity contribution in [2.45, 2.75) is 18.6 Å². The quantitative estimate of drug-likeness (QED) is 0.583. The maximum Gasteiger partial charge on any atom is 0.0619 e. The molecule has 0 heterocycles.